The number of carbonyl (C=O) groups excluding carboxylic acids is 2. The molecule has 0 aliphatic carbocycles. The van der Waals surface area contributed by atoms with Gasteiger partial charge in [0, 0.05) is 31.4 Å². The summed E-state index contributed by atoms with van der Waals surface area (Å²) in [6.45, 7) is 2.03. The van der Waals surface area contributed by atoms with Crippen molar-refractivity contribution in [2.45, 2.75) is 19.3 Å². The molecule has 1 fully saturated rings. The molecule has 1 aliphatic heterocycles. The summed E-state index contributed by atoms with van der Waals surface area (Å²) >= 11 is 0. The molecule has 1 aromatic heterocycles. The van der Waals surface area contributed by atoms with E-state index in [9.17, 15) is 9.59 Å². The molecule has 122 valence electrons. The van der Waals surface area contributed by atoms with Crippen molar-refractivity contribution in [2.24, 2.45) is 0 Å². The van der Waals surface area contributed by atoms with Gasteiger partial charge in [-0.15, -0.1) is 0 Å². The lowest BCUT2D eigenvalue weighted by Crippen LogP contribution is -2.30. The number of ether oxygens (including phenoxy) is 1. The van der Waals surface area contributed by atoms with Crippen LogP contribution in [0.1, 0.15) is 29.8 Å². The number of likely N-dealkylation sites (tertiary alicyclic amines) is 1. The van der Waals surface area contributed by atoms with Crippen molar-refractivity contribution in [3.8, 4) is 5.75 Å². The minimum atomic E-state index is -0.254. The number of nitrogens with one attached hydrogen (secondary N) is 1. The SMILES string of the molecule is COc1cccc2cc(C(=O)NCCCN3CCCC3=O)oc12. The minimum Gasteiger partial charge on any atom is -0.493 e. The van der Waals surface area contributed by atoms with Gasteiger partial charge in [0.15, 0.2) is 17.1 Å². The van der Waals surface area contributed by atoms with Crippen molar-refractivity contribution >= 4 is 22.8 Å². The third-order valence-corrected chi connectivity index (χ3v) is 4.01. The Balaban J connectivity index is 1.55. The molecular weight excluding hydrogens is 296 g/mol. The van der Waals surface area contributed by atoms with Gasteiger partial charge in [-0.2, -0.15) is 0 Å². The highest BCUT2D eigenvalue weighted by molar-refractivity contribution is 5.97. The standard InChI is InChI=1S/C17H20N2O4/c1-22-13-6-2-5-12-11-14(23-16(12)13)17(21)18-8-4-10-19-9-3-7-15(19)20/h2,5-6,11H,3-4,7-10H2,1H3,(H,18,21). The number of para-hydroxylation sites is 1. The zero-order valence-corrected chi connectivity index (χ0v) is 13.1. The molecule has 23 heavy (non-hydrogen) atoms. The highest BCUT2D eigenvalue weighted by atomic mass is 16.5. The van der Waals surface area contributed by atoms with Gasteiger partial charge in [-0.3, -0.25) is 9.59 Å². The number of furan rings is 1. The molecule has 2 aromatic rings. The van der Waals surface area contributed by atoms with Crippen LogP contribution < -0.4 is 10.1 Å². The van der Waals surface area contributed by atoms with E-state index in [2.05, 4.69) is 5.32 Å². The molecule has 3 rings (SSSR count). The van der Waals surface area contributed by atoms with Crippen LogP contribution in [0.4, 0.5) is 0 Å². The van der Waals surface area contributed by atoms with Crippen LogP contribution >= 0.6 is 0 Å². The maximum atomic E-state index is 12.1. The van der Waals surface area contributed by atoms with E-state index in [1.165, 1.54) is 0 Å². The fourth-order valence-corrected chi connectivity index (χ4v) is 2.81. The lowest BCUT2D eigenvalue weighted by molar-refractivity contribution is -0.127. The van der Waals surface area contributed by atoms with E-state index in [-0.39, 0.29) is 17.6 Å². The maximum absolute atomic E-state index is 12.1. The van der Waals surface area contributed by atoms with Crippen LogP contribution in [-0.2, 0) is 4.79 Å². The van der Waals surface area contributed by atoms with Crippen molar-refractivity contribution in [3.05, 3.63) is 30.0 Å². The van der Waals surface area contributed by atoms with E-state index in [0.717, 1.165) is 24.8 Å². The zero-order valence-electron chi connectivity index (χ0n) is 13.1. The quantitative estimate of drug-likeness (QED) is 0.829. The maximum Gasteiger partial charge on any atom is 0.287 e. The van der Waals surface area contributed by atoms with E-state index < -0.39 is 0 Å². The second-order valence-corrected chi connectivity index (χ2v) is 5.58. The second-order valence-electron chi connectivity index (χ2n) is 5.58. The van der Waals surface area contributed by atoms with Gasteiger partial charge in [0.2, 0.25) is 5.91 Å². The molecule has 1 aromatic carbocycles. The molecule has 2 heterocycles. The van der Waals surface area contributed by atoms with E-state index in [0.29, 0.717) is 30.8 Å². The Morgan fingerprint density at radius 2 is 2.30 bits per heavy atom. The molecule has 1 N–H and O–H groups in total. The van der Waals surface area contributed by atoms with Gasteiger partial charge in [0.1, 0.15) is 0 Å². The Bertz CT molecular complexity index is 722. The summed E-state index contributed by atoms with van der Waals surface area (Å²) in [6.07, 6.45) is 2.32. The smallest absolute Gasteiger partial charge is 0.287 e. The molecule has 1 aliphatic rings. The van der Waals surface area contributed by atoms with Crippen LogP contribution in [0, 0.1) is 0 Å². The fourth-order valence-electron chi connectivity index (χ4n) is 2.81. The first-order chi connectivity index (χ1) is 11.2. The number of carbonyl (C=O) groups is 2. The van der Waals surface area contributed by atoms with Crippen molar-refractivity contribution < 1.29 is 18.7 Å². The van der Waals surface area contributed by atoms with Crippen molar-refractivity contribution in [3.63, 3.8) is 0 Å². The molecule has 0 saturated carbocycles. The molecule has 2 amide bonds. The molecule has 6 nitrogen and oxygen atoms in total. The molecule has 0 spiro atoms. The lowest BCUT2D eigenvalue weighted by atomic mass is 10.2. The molecule has 0 radical (unpaired) electrons. The average Bonchev–Trinajstić information content (AvgIpc) is 3.17. The summed E-state index contributed by atoms with van der Waals surface area (Å²) in [7, 11) is 1.57. The number of fused-ring (bicyclic) bond motifs is 1. The Kier molecular flexibility index (Phi) is 4.50. The summed E-state index contributed by atoms with van der Waals surface area (Å²) < 4.78 is 10.8. The number of benzene rings is 1. The summed E-state index contributed by atoms with van der Waals surface area (Å²) in [5, 5.41) is 3.66. The van der Waals surface area contributed by atoms with Crippen molar-refractivity contribution in [1.82, 2.24) is 10.2 Å². The Hall–Kier alpha value is -2.50. The van der Waals surface area contributed by atoms with Crippen LogP contribution in [0.25, 0.3) is 11.0 Å². The van der Waals surface area contributed by atoms with Crippen LogP contribution in [0.3, 0.4) is 0 Å². The largest absolute Gasteiger partial charge is 0.493 e. The van der Waals surface area contributed by atoms with Crippen LogP contribution in [0.5, 0.6) is 5.75 Å². The minimum absolute atomic E-state index is 0.209. The Morgan fingerprint density at radius 1 is 1.43 bits per heavy atom. The molecule has 6 heteroatoms. The van der Waals surface area contributed by atoms with Gasteiger partial charge in [0.05, 0.1) is 7.11 Å². The molecule has 0 bridgehead atoms. The van der Waals surface area contributed by atoms with Gasteiger partial charge in [-0.25, -0.2) is 0 Å². The Morgan fingerprint density at radius 3 is 3.04 bits per heavy atom. The van der Waals surface area contributed by atoms with E-state index in [1.807, 2.05) is 17.0 Å². The lowest BCUT2D eigenvalue weighted by Gasteiger charge is -2.14. The predicted molar refractivity (Wildman–Crippen MR) is 85.5 cm³/mol. The summed E-state index contributed by atoms with van der Waals surface area (Å²) in [4.78, 5) is 25.5. The van der Waals surface area contributed by atoms with Crippen LogP contribution in [0.15, 0.2) is 28.7 Å². The van der Waals surface area contributed by atoms with Crippen LogP contribution in [0.2, 0.25) is 0 Å². The number of hydrogen-bond acceptors (Lipinski definition) is 4. The van der Waals surface area contributed by atoms with Gasteiger partial charge >= 0.3 is 0 Å². The zero-order chi connectivity index (χ0) is 16.2. The summed E-state index contributed by atoms with van der Waals surface area (Å²) in [6, 6.07) is 7.22. The molecular formula is C17H20N2O4. The van der Waals surface area contributed by atoms with E-state index in [4.69, 9.17) is 9.15 Å². The van der Waals surface area contributed by atoms with Gasteiger partial charge in [0.25, 0.3) is 5.91 Å². The van der Waals surface area contributed by atoms with E-state index in [1.54, 1.807) is 19.2 Å². The number of rotatable bonds is 6. The highest BCUT2D eigenvalue weighted by Gasteiger charge is 2.19. The first-order valence-electron chi connectivity index (χ1n) is 7.81. The molecule has 0 atom stereocenters. The third-order valence-electron chi connectivity index (χ3n) is 4.01. The molecule has 0 unspecified atom stereocenters. The summed E-state index contributed by atoms with van der Waals surface area (Å²) in [5.74, 6) is 0.826. The number of methoxy groups -OCH3 is 1. The third kappa shape index (κ3) is 3.31. The molecule has 1 saturated heterocycles. The fraction of sp³-hybridized carbons (Fsp3) is 0.412. The van der Waals surface area contributed by atoms with Gasteiger partial charge in [-0.05, 0) is 25.0 Å². The van der Waals surface area contributed by atoms with Crippen LogP contribution in [-0.4, -0.2) is 43.5 Å². The van der Waals surface area contributed by atoms with Gasteiger partial charge in [-0.1, -0.05) is 12.1 Å². The van der Waals surface area contributed by atoms with Crippen molar-refractivity contribution in [2.75, 3.05) is 26.7 Å². The summed E-state index contributed by atoms with van der Waals surface area (Å²) in [5.41, 5.74) is 0.572. The number of amides is 2. The average molecular weight is 316 g/mol. The second kappa shape index (κ2) is 6.73. The van der Waals surface area contributed by atoms with Gasteiger partial charge < -0.3 is 19.4 Å². The van der Waals surface area contributed by atoms with Crippen molar-refractivity contribution in [1.29, 1.82) is 0 Å². The topological polar surface area (TPSA) is 71.8 Å². The monoisotopic (exact) mass is 316 g/mol. The normalized spacial score (nSPS) is 14.5. The van der Waals surface area contributed by atoms with E-state index >= 15 is 0 Å². The highest BCUT2D eigenvalue weighted by Crippen LogP contribution is 2.28. The predicted octanol–water partition coefficient (Wildman–Crippen LogP) is 2.18. The first-order valence-corrected chi connectivity index (χ1v) is 7.81. The Labute approximate surface area is 134 Å². The first kappa shape index (κ1) is 15.4. The number of nitrogens with zero attached hydrogens (tertiary/aromatic N) is 1. The number of hydrogen-bond donors (Lipinski definition) is 1.